The van der Waals surface area contributed by atoms with Crippen molar-refractivity contribution in [2.24, 2.45) is 5.92 Å². The molecule has 37 heavy (non-hydrogen) atoms. The summed E-state index contributed by atoms with van der Waals surface area (Å²) in [5.41, 5.74) is 3.02. The lowest BCUT2D eigenvalue weighted by Crippen LogP contribution is -2.46. The Labute approximate surface area is 212 Å². The maximum atomic E-state index is 13.3. The number of benzene rings is 2. The van der Waals surface area contributed by atoms with Crippen LogP contribution in [-0.4, -0.2) is 38.4 Å². The number of aryl methyl sites for hydroxylation is 1. The van der Waals surface area contributed by atoms with Crippen molar-refractivity contribution in [3.8, 4) is 11.5 Å². The molecule has 2 bridgehead atoms. The van der Waals surface area contributed by atoms with Gasteiger partial charge in [-0.25, -0.2) is 0 Å². The van der Waals surface area contributed by atoms with E-state index in [0.29, 0.717) is 47.0 Å². The van der Waals surface area contributed by atoms with Crippen LogP contribution in [0.15, 0.2) is 59.1 Å². The maximum Gasteiger partial charge on any atom is 0.270 e. The number of allylic oxidation sites excluding steroid dienone is 1. The molecule has 0 radical (unpaired) electrons. The van der Waals surface area contributed by atoms with E-state index in [9.17, 15) is 24.8 Å². The SMILES string of the molecule is Cc1cc(O)c(CN2C[C@H]3C[C@@H](C2)c2cccc(=O)n2C3)c2c1C(=O)/C(=C/c1cccc([N+](=O)[O-])c1)O2. The first-order valence-corrected chi connectivity index (χ1v) is 12.2. The topological polar surface area (TPSA) is 115 Å². The first-order chi connectivity index (χ1) is 17.8. The van der Waals surface area contributed by atoms with Gasteiger partial charge in [0.05, 0.1) is 16.1 Å². The zero-order valence-corrected chi connectivity index (χ0v) is 20.2. The Morgan fingerprint density at radius 3 is 2.76 bits per heavy atom. The molecule has 9 nitrogen and oxygen atoms in total. The van der Waals surface area contributed by atoms with Gasteiger partial charge in [0, 0.05) is 56.0 Å². The number of aromatic hydroxyl groups is 1. The number of non-ortho nitro benzene ring substituents is 1. The van der Waals surface area contributed by atoms with Crippen LogP contribution in [-0.2, 0) is 13.1 Å². The molecule has 6 rings (SSSR count). The number of hydrogen-bond donors (Lipinski definition) is 1. The molecule has 1 saturated heterocycles. The van der Waals surface area contributed by atoms with Gasteiger partial charge in [0.2, 0.25) is 5.78 Å². The molecular weight excluding hydrogens is 474 g/mol. The minimum Gasteiger partial charge on any atom is -0.507 e. The highest BCUT2D eigenvalue weighted by Gasteiger charge is 2.37. The van der Waals surface area contributed by atoms with Gasteiger partial charge in [-0.2, -0.15) is 0 Å². The van der Waals surface area contributed by atoms with Gasteiger partial charge >= 0.3 is 0 Å². The Kier molecular flexibility index (Phi) is 5.45. The van der Waals surface area contributed by atoms with Crippen LogP contribution in [0.1, 0.15) is 45.1 Å². The number of nitro groups is 1. The molecule has 3 aliphatic rings. The Balaban J connectivity index is 1.31. The number of piperidine rings is 1. The van der Waals surface area contributed by atoms with Gasteiger partial charge in [-0.05, 0) is 48.6 Å². The van der Waals surface area contributed by atoms with Gasteiger partial charge in [0.1, 0.15) is 11.5 Å². The average molecular weight is 500 g/mol. The Morgan fingerprint density at radius 1 is 1.14 bits per heavy atom. The Morgan fingerprint density at radius 2 is 1.95 bits per heavy atom. The maximum absolute atomic E-state index is 13.3. The van der Waals surface area contributed by atoms with Crippen LogP contribution in [0.3, 0.4) is 0 Å². The third kappa shape index (κ3) is 4.01. The number of carbonyl (C=O) groups is 1. The summed E-state index contributed by atoms with van der Waals surface area (Å²) in [6.45, 7) is 4.32. The van der Waals surface area contributed by atoms with E-state index in [-0.39, 0.29) is 34.5 Å². The van der Waals surface area contributed by atoms with Crippen LogP contribution in [0.5, 0.6) is 11.5 Å². The first-order valence-electron chi connectivity index (χ1n) is 12.2. The summed E-state index contributed by atoms with van der Waals surface area (Å²) < 4.78 is 7.91. The lowest BCUT2D eigenvalue weighted by Gasteiger charge is -2.43. The van der Waals surface area contributed by atoms with Crippen LogP contribution in [0.2, 0.25) is 0 Å². The molecule has 0 unspecified atom stereocenters. The number of rotatable bonds is 4. The van der Waals surface area contributed by atoms with E-state index >= 15 is 0 Å². The lowest BCUT2D eigenvalue weighted by molar-refractivity contribution is -0.384. The predicted molar refractivity (Wildman–Crippen MR) is 136 cm³/mol. The van der Waals surface area contributed by atoms with Gasteiger partial charge in [0.15, 0.2) is 5.76 Å². The monoisotopic (exact) mass is 499 g/mol. The molecule has 188 valence electrons. The van der Waals surface area contributed by atoms with Crippen molar-refractivity contribution >= 4 is 17.5 Å². The highest BCUT2D eigenvalue weighted by molar-refractivity contribution is 6.15. The molecule has 2 atom stereocenters. The van der Waals surface area contributed by atoms with Crippen LogP contribution in [0.4, 0.5) is 5.69 Å². The third-order valence-electron chi connectivity index (χ3n) is 7.54. The van der Waals surface area contributed by atoms with Crippen LogP contribution in [0, 0.1) is 23.0 Å². The number of ketones is 1. The van der Waals surface area contributed by atoms with Crippen molar-refractivity contribution in [1.82, 2.24) is 9.47 Å². The minimum atomic E-state index is -0.489. The minimum absolute atomic E-state index is 0.0321. The fourth-order valence-corrected chi connectivity index (χ4v) is 5.96. The van der Waals surface area contributed by atoms with Crippen molar-refractivity contribution in [3.63, 3.8) is 0 Å². The van der Waals surface area contributed by atoms with Gasteiger partial charge in [-0.1, -0.05) is 18.2 Å². The van der Waals surface area contributed by atoms with E-state index in [4.69, 9.17) is 4.74 Å². The molecule has 1 N–H and O–H groups in total. The summed E-state index contributed by atoms with van der Waals surface area (Å²) >= 11 is 0. The molecule has 3 aliphatic heterocycles. The summed E-state index contributed by atoms with van der Waals surface area (Å²) in [4.78, 5) is 38.5. The van der Waals surface area contributed by atoms with Crippen LogP contribution < -0.4 is 10.3 Å². The predicted octanol–water partition coefficient (Wildman–Crippen LogP) is 4.01. The van der Waals surface area contributed by atoms with E-state index in [1.54, 1.807) is 37.3 Å². The summed E-state index contributed by atoms with van der Waals surface area (Å²) in [6.07, 6.45) is 2.51. The number of aromatic nitrogens is 1. The molecule has 0 amide bonds. The molecule has 1 fully saturated rings. The number of Topliss-reactive ketones (excluding diaryl/α,β-unsaturated/α-hetero) is 1. The standard InChI is InChI=1S/C28H25N3O6/c1-16-8-23(32)21(15-29-12-18-9-19(14-29)22-6-3-7-25(33)30(22)13-18)28-26(16)27(34)24(37-28)11-17-4-2-5-20(10-17)31(35)36/h2-8,10-11,18-19,32H,9,12-15H2,1H3/b24-11-/t18-,19+/m1/s1. The number of nitro benzene ring substituents is 1. The molecule has 0 saturated carbocycles. The van der Waals surface area contributed by atoms with E-state index in [2.05, 4.69) is 4.90 Å². The van der Waals surface area contributed by atoms with Crippen molar-refractivity contribution < 1.29 is 19.6 Å². The van der Waals surface area contributed by atoms with Gasteiger partial charge in [-0.3, -0.25) is 24.6 Å². The highest BCUT2D eigenvalue weighted by atomic mass is 16.6. The Hall–Kier alpha value is -4.24. The first kappa shape index (κ1) is 23.2. The molecule has 4 heterocycles. The number of nitrogens with zero attached hydrogens (tertiary/aromatic N) is 3. The second-order valence-corrected chi connectivity index (χ2v) is 10.1. The number of fused-ring (bicyclic) bond motifs is 5. The summed E-state index contributed by atoms with van der Waals surface area (Å²) in [6, 6.07) is 13.0. The Bertz CT molecular complexity index is 1560. The number of likely N-dealkylation sites (tertiary alicyclic amines) is 1. The summed E-state index contributed by atoms with van der Waals surface area (Å²) in [5, 5.41) is 22.0. The van der Waals surface area contributed by atoms with Crippen molar-refractivity contribution in [1.29, 1.82) is 0 Å². The largest absolute Gasteiger partial charge is 0.507 e. The third-order valence-corrected chi connectivity index (χ3v) is 7.54. The zero-order valence-electron chi connectivity index (χ0n) is 20.2. The second-order valence-electron chi connectivity index (χ2n) is 10.1. The normalized spacial score (nSPS) is 21.4. The van der Waals surface area contributed by atoms with Crippen LogP contribution in [0.25, 0.3) is 6.08 Å². The number of carbonyl (C=O) groups excluding carboxylic acids is 1. The molecule has 0 spiro atoms. The highest BCUT2D eigenvalue weighted by Crippen LogP contribution is 2.44. The van der Waals surface area contributed by atoms with Crippen molar-refractivity contribution in [3.05, 3.63) is 103 Å². The summed E-state index contributed by atoms with van der Waals surface area (Å²) in [7, 11) is 0. The number of pyridine rings is 1. The van der Waals surface area contributed by atoms with E-state index in [0.717, 1.165) is 25.2 Å². The second kappa shape index (κ2) is 8.70. The van der Waals surface area contributed by atoms with Crippen LogP contribution >= 0.6 is 0 Å². The average Bonchev–Trinajstić information content (AvgIpc) is 3.18. The van der Waals surface area contributed by atoms with E-state index in [1.165, 1.54) is 18.2 Å². The van der Waals surface area contributed by atoms with Gasteiger partial charge < -0.3 is 14.4 Å². The van der Waals surface area contributed by atoms with Gasteiger partial charge in [-0.15, -0.1) is 0 Å². The smallest absolute Gasteiger partial charge is 0.270 e. The van der Waals surface area contributed by atoms with Crippen molar-refractivity contribution in [2.75, 3.05) is 13.1 Å². The number of ether oxygens (including phenoxy) is 1. The quantitative estimate of drug-likeness (QED) is 0.328. The van der Waals surface area contributed by atoms with Gasteiger partial charge in [0.25, 0.3) is 11.2 Å². The number of hydrogen-bond acceptors (Lipinski definition) is 7. The fraction of sp³-hybridized carbons (Fsp3) is 0.286. The molecule has 2 aromatic carbocycles. The molecule has 0 aliphatic carbocycles. The number of phenols is 1. The molecule has 9 heteroatoms. The lowest BCUT2D eigenvalue weighted by atomic mass is 9.83. The zero-order chi connectivity index (χ0) is 25.8. The fourth-order valence-electron chi connectivity index (χ4n) is 5.96. The summed E-state index contributed by atoms with van der Waals surface area (Å²) in [5.74, 6) is 0.686. The molecule has 3 aromatic rings. The number of phenolic OH excluding ortho intramolecular Hbond substituents is 1. The van der Waals surface area contributed by atoms with E-state index < -0.39 is 4.92 Å². The van der Waals surface area contributed by atoms with Crippen molar-refractivity contribution in [2.45, 2.75) is 32.4 Å². The van der Waals surface area contributed by atoms with E-state index in [1.807, 2.05) is 10.6 Å². The molecular formula is C28H25N3O6. The molecule has 1 aromatic heterocycles.